The number of aliphatic hydroxyl groups is 4. The van der Waals surface area contributed by atoms with Crippen molar-refractivity contribution in [3.8, 4) is 0 Å². The smallest absolute Gasteiger partial charge is 0.394 e. The molecule has 75 heavy (non-hydrogen) atoms. The first-order valence-electron chi connectivity index (χ1n) is 31.7. The highest BCUT2D eigenvalue weighted by Crippen LogP contribution is 2.26. The predicted molar refractivity (Wildman–Crippen MR) is 310 cm³/mol. The Kier molecular flexibility index (Phi) is 49.6. The SMILES string of the molecule is CCCCCCCCCCCCCC/C=C\CCCCCCCCCCCCCCCCCCCC(=O)NC(COC1OC(CO)C(O)C(OS(=O)(=O)O)C1O)C(O)/C=C/CCCCCCCCCCCCCCC. The van der Waals surface area contributed by atoms with Crippen molar-refractivity contribution in [2.75, 3.05) is 13.2 Å². The van der Waals surface area contributed by atoms with E-state index >= 15 is 0 Å². The van der Waals surface area contributed by atoms with Crippen LogP contribution in [0.1, 0.15) is 309 Å². The molecule has 12 nitrogen and oxygen atoms in total. The van der Waals surface area contributed by atoms with Crippen molar-refractivity contribution in [1.82, 2.24) is 5.32 Å². The molecule has 1 aliphatic rings. The minimum atomic E-state index is -5.09. The molecule has 0 spiro atoms. The zero-order valence-corrected chi connectivity index (χ0v) is 49.2. The molecule has 0 aromatic rings. The number of unbranched alkanes of at least 4 members (excludes halogenated alkanes) is 42. The second kappa shape index (κ2) is 52.0. The third-order valence-corrected chi connectivity index (χ3v) is 15.7. The van der Waals surface area contributed by atoms with E-state index in [1.54, 1.807) is 6.08 Å². The molecule has 1 saturated heterocycles. The number of ether oxygens (including phenoxy) is 2. The fourth-order valence-electron chi connectivity index (χ4n) is 10.3. The van der Waals surface area contributed by atoms with Gasteiger partial charge in [0, 0.05) is 6.42 Å². The predicted octanol–water partition coefficient (Wildman–Crippen LogP) is 15.6. The van der Waals surface area contributed by atoms with E-state index in [4.69, 9.17) is 9.47 Å². The standard InChI is InChI=1S/C62H119NO11S/c1-3-5-7-9-11-13-15-17-19-20-21-22-23-24-25-26-27-28-29-30-31-32-33-34-35-36-38-40-42-44-46-48-50-52-58(66)63-55(54-72-62-60(68)61(74-75(69,70)71)59(67)57(53-64)73-62)56(65)51-49-47-45-43-41-39-37-18-16-14-12-10-8-6-4-2/h24-25,49,51,55-57,59-62,64-65,67-68H,3-23,26-48,50,52-54H2,1-2H3,(H,63,66)(H,69,70,71)/b25-24-,51-49+. The summed E-state index contributed by atoms with van der Waals surface area (Å²) < 4.78 is 47.9. The number of hydrogen-bond donors (Lipinski definition) is 6. The highest BCUT2D eigenvalue weighted by atomic mass is 32.3. The summed E-state index contributed by atoms with van der Waals surface area (Å²) in [6.45, 7) is 3.43. The zero-order valence-electron chi connectivity index (χ0n) is 48.4. The zero-order chi connectivity index (χ0) is 54.7. The number of amides is 1. The van der Waals surface area contributed by atoms with Crippen LogP contribution in [0.3, 0.4) is 0 Å². The van der Waals surface area contributed by atoms with Crippen LogP contribution in [0, 0.1) is 0 Å². The number of nitrogens with one attached hydrogen (secondary N) is 1. The third-order valence-electron chi connectivity index (χ3n) is 15.2. The summed E-state index contributed by atoms with van der Waals surface area (Å²) in [5, 5.41) is 45.0. The van der Waals surface area contributed by atoms with Gasteiger partial charge in [0.25, 0.3) is 0 Å². The lowest BCUT2D eigenvalue weighted by atomic mass is 9.99. The molecule has 6 N–H and O–H groups in total. The Hall–Kier alpha value is -1.42. The van der Waals surface area contributed by atoms with E-state index in [-0.39, 0.29) is 18.9 Å². The molecule has 0 aliphatic carbocycles. The van der Waals surface area contributed by atoms with Crippen LogP contribution in [0.2, 0.25) is 0 Å². The van der Waals surface area contributed by atoms with Crippen LogP contribution in [0.25, 0.3) is 0 Å². The lowest BCUT2D eigenvalue weighted by molar-refractivity contribution is -0.298. The molecule has 1 rings (SSSR count). The summed E-state index contributed by atoms with van der Waals surface area (Å²) in [6, 6.07) is -0.942. The highest BCUT2D eigenvalue weighted by molar-refractivity contribution is 7.80. The van der Waals surface area contributed by atoms with Crippen LogP contribution in [0.5, 0.6) is 0 Å². The molecule has 7 unspecified atom stereocenters. The summed E-state index contributed by atoms with van der Waals surface area (Å²) in [7, 11) is -5.09. The number of carbonyl (C=O) groups is 1. The van der Waals surface area contributed by atoms with Gasteiger partial charge < -0.3 is 35.2 Å². The molecule has 7 atom stereocenters. The van der Waals surface area contributed by atoms with E-state index in [1.165, 1.54) is 244 Å². The Morgan fingerprint density at radius 1 is 0.520 bits per heavy atom. The van der Waals surface area contributed by atoms with Crippen LogP contribution in [0.15, 0.2) is 24.3 Å². The molecule has 1 fully saturated rings. The average Bonchev–Trinajstić information content (AvgIpc) is 3.39. The molecule has 0 bridgehead atoms. The number of aliphatic hydroxyl groups excluding tert-OH is 4. The molecule has 0 radical (unpaired) electrons. The normalized spacial score (nSPS) is 19.2. The van der Waals surface area contributed by atoms with E-state index in [9.17, 15) is 38.2 Å². The second-order valence-corrected chi connectivity index (χ2v) is 23.4. The van der Waals surface area contributed by atoms with Crippen molar-refractivity contribution < 1.29 is 51.8 Å². The van der Waals surface area contributed by atoms with Crippen molar-refractivity contribution in [2.45, 2.75) is 352 Å². The number of rotatable bonds is 56. The maximum absolute atomic E-state index is 13.1. The van der Waals surface area contributed by atoms with Gasteiger partial charge in [0.2, 0.25) is 5.91 Å². The van der Waals surface area contributed by atoms with Crippen LogP contribution in [-0.2, 0) is 28.9 Å². The minimum Gasteiger partial charge on any atom is -0.394 e. The lowest BCUT2D eigenvalue weighted by Gasteiger charge is -2.41. The van der Waals surface area contributed by atoms with Crippen LogP contribution < -0.4 is 5.32 Å². The van der Waals surface area contributed by atoms with Gasteiger partial charge in [-0.3, -0.25) is 9.35 Å². The summed E-state index contributed by atoms with van der Waals surface area (Å²) in [4.78, 5) is 13.1. The van der Waals surface area contributed by atoms with E-state index < -0.39 is 59.9 Å². The highest BCUT2D eigenvalue weighted by Gasteiger charge is 2.48. The van der Waals surface area contributed by atoms with Gasteiger partial charge in [-0.25, -0.2) is 4.18 Å². The number of carbonyl (C=O) groups excluding carboxylic acids is 1. The average molecular weight is 1090 g/mol. The molecular weight excluding hydrogens is 967 g/mol. The first-order valence-corrected chi connectivity index (χ1v) is 33.1. The Bertz CT molecular complexity index is 1420. The first kappa shape index (κ1) is 71.6. The molecular formula is C62H119NO11S. The van der Waals surface area contributed by atoms with Gasteiger partial charge in [0.15, 0.2) is 6.29 Å². The molecule has 0 aromatic heterocycles. The second-order valence-electron chi connectivity index (χ2n) is 22.4. The van der Waals surface area contributed by atoms with Gasteiger partial charge in [-0.2, -0.15) is 8.42 Å². The van der Waals surface area contributed by atoms with Gasteiger partial charge in [-0.05, 0) is 44.9 Å². The Morgan fingerprint density at radius 2 is 0.853 bits per heavy atom. The topological polar surface area (TPSA) is 192 Å². The quantitative estimate of drug-likeness (QED) is 0.0193. The largest absolute Gasteiger partial charge is 0.397 e. The lowest BCUT2D eigenvalue weighted by Crippen LogP contribution is -2.61. The monoisotopic (exact) mass is 1090 g/mol. The Morgan fingerprint density at radius 3 is 1.20 bits per heavy atom. The number of allylic oxidation sites excluding steroid dienone is 3. The molecule has 1 aliphatic heterocycles. The van der Waals surface area contributed by atoms with Gasteiger partial charge in [-0.1, -0.05) is 282 Å². The summed E-state index contributed by atoms with van der Waals surface area (Å²) in [5.41, 5.74) is 0. The first-order chi connectivity index (χ1) is 36.5. The maximum atomic E-state index is 13.1. The summed E-state index contributed by atoms with van der Waals surface area (Å²) in [5.74, 6) is -0.257. The molecule has 13 heteroatoms. The van der Waals surface area contributed by atoms with Crippen LogP contribution in [-0.4, -0.2) is 95.4 Å². The molecule has 0 saturated carbocycles. The van der Waals surface area contributed by atoms with Crippen molar-refractivity contribution in [1.29, 1.82) is 0 Å². The fraction of sp³-hybridized carbons (Fsp3) is 0.919. The van der Waals surface area contributed by atoms with Crippen molar-refractivity contribution >= 4 is 16.3 Å². The third kappa shape index (κ3) is 44.1. The van der Waals surface area contributed by atoms with Crippen molar-refractivity contribution in [2.24, 2.45) is 0 Å². The van der Waals surface area contributed by atoms with Gasteiger partial charge in [-0.15, -0.1) is 0 Å². The van der Waals surface area contributed by atoms with Gasteiger partial charge in [0.1, 0.15) is 24.4 Å². The van der Waals surface area contributed by atoms with Crippen LogP contribution >= 0.6 is 0 Å². The van der Waals surface area contributed by atoms with E-state index in [2.05, 4.69) is 35.5 Å². The van der Waals surface area contributed by atoms with Crippen LogP contribution in [0.4, 0.5) is 0 Å². The fourth-order valence-corrected chi connectivity index (χ4v) is 10.8. The molecule has 1 heterocycles. The minimum absolute atomic E-state index is 0.257. The summed E-state index contributed by atoms with van der Waals surface area (Å²) >= 11 is 0. The van der Waals surface area contributed by atoms with Crippen molar-refractivity contribution in [3.05, 3.63) is 24.3 Å². The Balaban J connectivity index is 2.22. The van der Waals surface area contributed by atoms with E-state index in [0.717, 1.165) is 38.5 Å². The summed E-state index contributed by atoms with van der Waals surface area (Å²) in [6.07, 6.45) is 56.8. The molecule has 444 valence electrons. The molecule has 1 amide bonds. The van der Waals surface area contributed by atoms with Crippen molar-refractivity contribution in [3.63, 3.8) is 0 Å². The van der Waals surface area contributed by atoms with Gasteiger partial charge in [0.05, 0.1) is 25.4 Å². The number of hydrogen-bond acceptors (Lipinski definition) is 10. The van der Waals surface area contributed by atoms with E-state index in [1.807, 2.05) is 6.08 Å². The van der Waals surface area contributed by atoms with Gasteiger partial charge >= 0.3 is 10.4 Å². The molecule has 0 aromatic carbocycles. The maximum Gasteiger partial charge on any atom is 0.397 e. The van der Waals surface area contributed by atoms with E-state index in [0.29, 0.717) is 6.42 Å². The Labute approximate surface area is 461 Å².